The molecule has 1 heterocycles. The molecule has 1 aliphatic heterocycles. The maximum atomic E-state index is 9.59. The molecule has 0 spiro atoms. The average Bonchev–Trinajstić information content (AvgIpc) is 2.41. The monoisotopic (exact) mass is 262 g/mol. The molecule has 0 saturated carbocycles. The quantitative estimate of drug-likeness (QED) is 0.850. The lowest BCUT2D eigenvalue weighted by Crippen LogP contribution is -2.52. The molecular formula is C16H26N2O. The lowest BCUT2D eigenvalue weighted by molar-refractivity contribution is 0.0824. The van der Waals surface area contributed by atoms with Crippen molar-refractivity contribution >= 4 is 0 Å². The van der Waals surface area contributed by atoms with Crippen molar-refractivity contribution in [1.82, 2.24) is 10.2 Å². The Hall–Kier alpha value is -0.900. The maximum absolute atomic E-state index is 9.59. The van der Waals surface area contributed by atoms with Crippen molar-refractivity contribution in [2.45, 2.75) is 38.9 Å². The van der Waals surface area contributed by atoms with Gasteiger partial charge in [-0.1, -0.05) is 44.2 Å². The number of nitrogens with zero attached hydrogens (tertiary/aromatic N) is 1. The minimum Gasteiger partial charge on any atom is -0.396 e. The van der Waals surface area contributed by atoms with Gasteiger partial charge in [-0.3, -0.25) is 4.90 Å². The van der Waals surface area contributed by atoms with Crippen LogP contribution < -0.4 is 5.32 Å². The van der Waals surface area contributed by atoms with Crippen LogP contribution in [0.1, 0.15) is 25.8 Å². The maximum Gasteiger partial charge on any atom is 0.0486 e. The van der Waals surface area contributed by atoms with Crippen LogP contribution in [0.15, 0.2) is 30.3 Å². The largest absolute Gasteiger partial charge is 0.396 e. The summed E-state index contributed by atoms with van der Waals surface area (Å²) in [5.41, 5.74) is 1.36. The van der Waals surface area contributed by atoms with E-state index >= 15 is 0 Å². The van der Waals surface area contributed by atoms with E-state index in [9.17, 15) is 5.11 Å². The third-order valence-corrected chi connectivity index (χ3v) is 3.85. The van der Waals surface area contributed by atoms with Crippen LogP contribution in [0.3, 0.4) is 0 Å². The number of hydrogen-bond acceptors (Lipinski definition) is 3. The summed E-state index contributed by atoms with van der Waals surface area (Å²) in [6, 6.07) is 11.5. The SMILES string of the molecule is CC(C)N[C@H]1CCN(Cc2ccccc2)C[C@H]1CO. The summed E-state index contributed by atoms with van der Waals surface area (Å²) >= 11 is 0. The molecule has 0 radical (unpaired) electrons. The van der Waals surface area contributed by atoms with E-state index in [4.69, 9.17) is 0 Å². The molecule has 2 rings (SSSR count). The van der Waals surface area contributed by atoms with Gasteiger partial charge in [0.2, 0.25) is 0 Å². The molecule has 0 bridgehead atoms. The molecule has 106 valence electrons. The van der Waals surface area contributed by atoms with Gasteiger partial charge in [0, 0.05) is 37.7 Å². The summed E-state index contributed by atoms with van der Waals surface area (Å²) in [5.74, 6) is 0.347. The Labute approximate surface area is 116 Å². The van der Waals surface area contributed by atoms with Crippen LogP contribution in [0.25, 0.3) is 0 Å². The number of aliphatic hydroxyl groups is 1. The molecule has 2 atom stereocenters. The Kier molecular flexibility index (Phi) is 5.37. The molecule has 3 nitrogen and oxygen atoms in total. The Morgan fingerprint density at radius 3 is 2.68 bits per heavy atom. The second kappa shape index (κ2) is 7.04. The zero-order valence-corrected chi connectivity index (χ0v) is 12.0. The Balaban J connectivity index is 1.89. The highest BCUT2D eigenvalue weighted by Crippen LogP contribution is 2.19. The van der Waals surface area contributed by atoms with Crippen LogP contribution in [-0.4, -0.2) is 41.8 Å². The summed E-state index contributed by atoms with van der Waals surface area (Å²) in [5, 5.41) is 13.2. The van der Waals surface area contributed by atoms with E-state index in [-0.39, 0.29) is 6.61 Å². The number of rotatable bonds is 5. The minimum atomic E-state index is 0.273. The number of hydrogen-bond donors (Lipinski definition) is 2. The average molecular weight is 262 g/mol. The number of piperidine rings is 1. The first-order valence-electron chi connectivity index (χ1n) is 7.32. The van der Waals surface area contributed by atoms with Gasteiger partial charge in [0.05, 0.1) is 0 Å². The third kappa shape index (κ3) is 4.30. The number of aliphatic hydroxyl groups excluding tert-OH is 1. The lowest BCUT2D eigenvalue weighted by Gasteiger charge is -2.39. The zero-order chi connectivity index (χ0) is 13.7. The van der Waals surface area contributed by atoms with Crippen molar-refractivity contribution in [1.29, 1.82) is 0 Å². The van der Waals surface area contributed by atoms with Crippen LogP contribution in [0, 0.1) is 5.92 Å². The van der Waals surface area contributed by atoms with Crippen LogP contribution in [0.5, 0.6) is 0 Å². The second-order valence-electron chi connectivity index (χ2n) is 5.88. The van der Waals surface area contributed by atoms with Gasteiger partial charge < -0.3 is 10.4 Å². The summed E-state index contributed by atoms with van der Waals surface area (Å²) in [6.45, 7) is 7.70. The fourth-order valence-corrected chi connectivity index (χ4v) is 2.93. The van der Waals surface area contributed by atoms with E-state index in [1.54, 1.807) is 0 Å². The van der Waals surface area contributed by atoms with E-state index in [1.807, 2.05) is 0 Å². The Bertz CT molecular complexity index is 366. The predicted octanol–water partition coefficient (Wildman–Crippen LogP) is 1.87. The molecule has 19 heavy (non-hydrogen) atoms. The highest BCUT2D eigenvalue weighted by Gasteiger charge is 2.28. The molecule has 1 saturated heterocycles. The van der Waals surface area contributed by atoms with Gasteiger partial charge >= 0.3 is 0 Å². The zero-order valence-electron chi connectivity index (χ0n) is 12.0. The van der Waals surface area contributed by atoms with Crippen LogP contribution >= 0.6 is 0 Å². The van der Waals surface area contributed by atoms with Gasteiger partial charge in [-0.05, 0) is 18.5 Å². The highest BCUT2D eigenvalue weighted by atomic mass is 16.3. The van der Waals surface area contributed by atoms with Gasteiger partial charge in [-0.15, -0.1) is 0 Å². The summed E-state index contributed by atoms with van der Waals surface area (Å²) in [7, 11) is 0. The number of nitrogens with one attached hydrogen (secondary N) is 1. The van der Waals surface area contributed by atoms with E-state index in [1.165, 1.54) is 5.56 Å². The molecule has 1 aromatic rings. The molecule has 3 heteroatoms. The molecule has 0 unspecified atom stereocenters. The smallest absolute Gasteiger partial charge is 0.0486 e. The molecule has 0 amide bonds. The van der Waals surface area contributed by atoms with E-state index in [0.29, 0.717) is 18.0 Å². The fourth-order valence-electron chi connectivity index (χ4n) is 2.93. The van der Waals surface area contributed by atoms with Gasteiger partial charge in [0.15, 0.2) is 0 Å². The lowest BCUT2D eigenvalue weighted by atomic mass is 9.92. The van der Waals surface area contributed by atoms with Crippen molar-refractivity contribution in [3.63, 3.8) is 0 Å². The van der Waals surface area contributed by atoms with Gasteiger partial charge in [0.1, 0.15) is 0 Å². The first-order chi connectivity index (χ1) is 9.19. The van der Waals surface area contributed by atoms with Crippen LogP contribution in [-0.2, 0) is 6.54 Å². The number of benzene rings is 1. The summed E-state index contributed by atoms with van der Waals surface area (Å²) < 4.78 is 0. The molecule has 0 aromatic heterocycles. The van der Waals surface area contributed by atoms with Crippen LogP contribution in [0.2, 0.25) is 0 Å². The normalized spacial score (nSPS) is 24.8. The molecule has 0 aliphatic carbocycles. The van der Waals surface area contributed by atoms with E-state index < -0.39 is 0 Å². The Morgan fingerprint density at radius 1 is 1.32 bits per heavy atom. The molecule has 2 N–H and O–H groups in total. The molecule has 1 aliphatic rings. The van der Waals surface area contributed by atoms with Crippen molar-refractivity contribution in [3.05, 3.63) is 35.9 Å². The van der Waals surface area contributed by atoms with Gasteiger partial charge in [-0.25, -0.2) is 0 Å². The number of likely N-dealkylation sites (tertiary alicyclic amines) is 1. The first kappa shape index (κ1) is 14.5. The molecular weight excluding hydrogens is 236 g/mol. The van der Waals surface area contributed by atoms with Crippen molar-refractivity contribution in [2.75, 3.05) is 19.7 Å². The predicted molar refractivity (Wildman–Crippen MR) is 79.0 cm³/mol. The first-order valence-corrected chi connectivity index (χ1v) is 7.32. The minimum absolute atomic E-state index is 0.273. The molecule has 1 fully saturated rings. The van der Waals surface area contributed by atoms with E-state index in [2.05, 4.69) is 54.4 Å². The summed E-state index contributed by atoms with van der Waals surface area (Å²) in [4.78, 5) is 2.45. The van der Waals surface area contributed by atoms with Gasteiger partial charge in [-0.2, -0.15) is 0 Å². The molecule has 1 aromatic carbocycles. The second-order valence-corrected chi connectivity index (χ2v) is 5.88. The highest BCUT2D eigenvalue weighted by molar-refractivity contribution is 5.14. The van der Waals surface area contributed by atoms with Crippen molar-refractivity contribution in [3.8, 4) is 0 Å². The van der Waals surface area contributed by atoms with Crippen LogP contribution in [0.4, 0.5) is 0 Å². The Morgan fingerprint density at radius 2 is 2.05 bits per heavy atom. The van der Waals surface area contributed by atoms with Crippen molar-refractivity contribution in [2.24, 2.45) is 5.92 Å². The fraction of sp³-hybridized carbons (Fsp3) is 0.625. The summed E-state index contributed by atoms with van der Waals surface area (Å²) in [6.07, 6.45) is 1.12. The van der Waals surface area contributed by atoms with Gasteiger partial charge in [0.25, 0.3) is 0 Å². The topological polar surface area (TPSA) is 35.5 Å². The van der Waals surface area contributed by atoms with Crippen molar-refractivity contribution < 1.29 is 5.11 Å². The van der Waals surface area contributed by atoms with E-state index in [0.717, 1.165) is 26.1 Å². The third-order valence-electron chi connectivity index (χ3n) is 3.85. The standard InChI is InChI=1S/C16H26N2O/c1-13(2)17-16-8-9-18(11-15(16)12-19)10-14-6-4-3-5-7-14/h3-7,13,15-17,19H,8-12H2,1-2H3/t15-,16-/m0/s1.